The Labute approximate surface area is 184 Å². The number of nitrogens with one attached hydrogen (secondary N) is 2. The van der Waals surface area contributed by atoms with Gasteiger partial charge in [0, 0.05) is 10.9 Å². The summed E-state index contributed by atoms with van der Waals surface area (Å²) in [6.07, 6.45) is -0.498. The second-order valence-electron chi connectivity index (χ2n) is 6.30. The average Bonchev–Trinajstić information content (AvgIpc) is 3.44. The summed E-state index contributed by atoms with van der Waals surface area (Å²) >= 11 is 3.98. The molecule has 0 spiro atoms. The lowest BCUT2D eigenvalue weighted by Crippen LogP contribution is -2.22. The summed E-state index contributed by atoms with van der Waals surface area (Å²) in [5.74, 6) is -0.285. The zero-order valence-electron chi connectivity index (χ0n) is 15.9. The molecule has 0 saturated carbocycles. The summed E-state index contributed by atoms with van der Waals surface area (Å²) < 4.78 is 4.57. The number of hydrogen-bond donors (Lipinski definition) is 2. The number of nitrogens with zero attached hydrogens (tertiary/aromatic N) is 2. The number of rotatable bonds is 5. The Morgan fingerprint density at radius 2 is 2.00 bits per heavy atom. The molecule has 2 aromatic heterocycles. The number of amides is 3. The summed E-state index contributed by atoms with van der Waals surface area (Å²) in [4.78, 5) is 44.6. The van der Waals surface area contributed by atoms with Crippen LogP contribution in [0, 0.1) is 6.92 Å². The van der Waals surface area contributed by atoms with Crippen molar-refractivity contribution in [2.24, 2.45) is 0 Å². The van der Waals surface area contributed by atoms with Gasteiger partial charge < -0.3 is 10.1 Å². The molecular weight excluding hydrogens is 444 g/mol. The number of methoxy groups -OCH3 is 1. The van der Waals surface area contributed by atoms with Gasteiger partial charge in [-0.1, -0.05) is 24.3 Å². The molecule has 154 valence electrons. The van der Waals surface area contributed by atoms with Crippen molar-refractivity contribution in [3.05, 3.63) is 45.9 Å². The summed E-state index contributed by atoms with van der Waals surface area (Å²) in [5, 5.41) is 7.69. The molecular formula is C19H16N4O4S3. The van der Waals surface area contributed by atoms with Gasteiger partial charge >= 0.3 is 6.09 Å². The first-order valence-electron chi connectivity index (χ1n) is 8.80. The lowest BCUT2D eigenvalue weighted by molar-refractivity contribution is -0.119. The summed E-state index contributed by atoms with van der Waals surface area (Å²) in [6.45, 7) is 2.21. The third-order valence-electron chi connectivity index (χ3n) is 4.30. The SMILES string of the molecule is COC(=O)NCc1nc(C)c(-c2csc(-c3ccc(C4SC(=O)NC4=O)cc3)n2)s1. The first kappa shape index (κ1) is 20.5. The van der Waals surface area contributed by atoms with Crippen molar-refractivity contribution in [1.82, 2.24) is 20.6 Å². The summed E-state index contributed by atoms with van der Waals surface area (Å²) in [5.41, 5.74) is 3.39. The van der Waals surface area contributed by atoms with Gasteiger partial charge in [-0.05, 0) is 24.2 Å². The first-order chi connectivity index (χ1) is 14.4. The van der Waals surface area contributed by atoms with Gasteiger partial charge in [0.2, 0.25) is 5.91 Å². The number of alkyl carbamates (subject to hydrolysis) is 1. The van der Waals surface area contributed by atoms with E-state index in [0.29, 0.717) is 6.54 Å². The van der Waals surface area contributed by atoms with Crippen molar-refractivity contribution < 1.29 is 19.1 Å². The highest BCUT2D eigenvalue weighted by atomic mass is 32.2. The van der Waals surface area contributed by atoms with Gasteiger partial charge in [-0.25, -0.2) is 14.8 Å². The number of hydrogen-bond acceptors (Lipinski definition) is 9. The number of thioether (sulfide) groups is 1. The van der Waals surface area contributed by atoms with Crippen LogP contribution in [-0.2, 0) is 16.1 Å². The molecule has 1 aromatic carbocycles. The number of ether oxygens (including phenoxy) is 1. The van der Waals surface area contributed by atoms with E-state index in [9.17, 15) is 14.4 Å². The molecule has 0 radical (unpaired) electrons. The van der Waals surface area contributed by atoms with E-state index >= 15 is 0 Å². The van der Waals surface area contributed by atoms with Crippen LogP contribution >= 0.6 is 34.4 Å². The normalized spacial score (nSPS) is 15.9. The zero-order chi connectivity index (χ0) is 21.3. The molecule has 11 heteroatoms. The molecule has 30 heavy (non-hydrogen) atoms. The van der Waals surface area contributed by atoms with Crippen LogP contribution in [0.3, 0.4) is 0 Å². The van der Waals surface area contributed by atoms with E-state index in [-0.39, 0.29) is 11.1 Å². The third-order valence-corrected chi connectivity index (χ3v) is 7.41. The van der Waals surface area contributed by atoms with Crippen LogP contribution in [-0.4, -0.2) is 34.3 Å². The lowest BCUT2D eigenvalue weighted by atomic mass is 10.1. The van der Waals surface area contributed by atoms with E-state index in [1.54, 1.807) is 0 Å². The monoisotopic (exact) mass is 460 g/mol. The number of carbonyl (C=O) groups is 3. The molecule has 1 unspecified atom stereocenters. The number of carbonyl (C=O) groups excluding carboxylic acids is 3. The van der Waals surface area contributed by atoms with E-state index in [1.165, 1.54) is 29.8 Å². The van der Waals surface area contributed by atoms with Crippen molar-refractivity contribution in [2.45, 2.75) is 18.7 Å². The Hall–Kier alpha value is -2.76. The lowest BCUT2D eigenvalue weighted by Gasteiger charge is -2.05. The Balaban J connectivity index is 1.50. The molecule has 1 fully saturated rings. The Bertz CT molecular complexity index is 1120. The first-order valence-corrected chi connectivity index (χ1v) is 11.4. The van der Waals surface area contributed by atoms with E-state index in [0.717, 1.165) is 49.2 Å². The fourth-order valence-electron chi connectivity index (χ4n) is 2.87. The molecule has 0 bridgehead atoms. The van der Waals surface area contributed by atoms with E-state index in [2.05, 4.69) is 20.4 Å². The van der Waals surface area contributed by atoms with Crippen LogP contribution in [0.1, 0.15) is 21.5 Å². The van der Waals surface area contributed by atoms with E-state index in [1.807, 2.05) is 36.6 Å². The van der Waals surface area contributed by atoms with Crippen LogP contribution < -0.4 is 10.6 Å². The highest BCUT2D eigenvalue weighted by Gasteiger charge is 2.32. The molecule has 3 amide bonds. The van der Waals surface area contributed by atoms with E-state index < -0.39 is 11.3 Å². The second kappa shape index (κ2) is 8.54. The van der Waals surface area contributed by atoms with Crippen LogP contribution in [0.5, 0.6) is 0 Å². The van der Waals surface area contributed by atoms with Gasteiger partial charge in [-0.3, -0.25) is 14.9 Å². The smallest absolute Gasteiger partial charge is 0.407 e. The Morgan fingerprint density at radius 3 is 2.67 bits per heavy atom. The van der Waals surface area contributed by atoms with Gasteiger partial charge in [0.25, 0.3) is 5.24 Å². The minimum absolute atomic E-state index is 0.285. The predicted octanol–water partition coefficient (Wildman–Crippen LogP) is 4.12. The second-order valence-corrected chi connectivity index (χ2v) is 9.32. The van der Waals surface area contributed by atoms with Crippen molar-refractivity contribution in [3.63, 3.8) is 0 Å². The maximum Gasteiger partial charge on any atom is 0.407 e. The number of imide groups is 1. The molecule has 2 N–H and O–H groups in total. The fraction of sp³-hybridized carbons (Fsp3) is 0.211. The van der Waals surface area contributed by atoms with Gasteiger partial charge in [0.15, 0.2) is 0 Å². The maximum atomic E-state index is 11.8. The van der Waals surface area contributed by atoms with Crippen LogP contribution in [0.15, 0.2) is 29.6 Å². The summed E-state index contributed by atoms with van der Waals surface area (Å²) in [7, 11) is 1.32. The molecule has 4 rings (SSSR count). The number of benzene rings is 1. The average molecular weight is 461 g/mol. The maximum absolute atomic E-state index is 11.8. The van der Waals surface area contributed by atoms with Crippen molar-refractivity contribution >= 4 is 51.7 Å². The number of aryl methyl sites for hydroxylation is 1. The molecule has 1 aliphatic rings. The molecule has 1 aliphatic heterocycles. The third kappa shape index (κ3) is 4.23. The van der Waals surface area contributed by atoms with Gasteiger partial charge in [-0.2, -0.15) is 0 Å². The molecule has 1 saturated heterocycles. The van der Waals surface area contributed by atoms with Crippen LogP contribution in [0.4, 0.5) is 9.59 Å². The molecule has 3 heterocycles. The zero-order valence-corrected chi connectivity index (χ0v) is 18.4. The minimum Gasteiger partial charge on any atom is -0.453 e. The van der Waals surface area contributed by atoms with Gasteiger partial charge in [0.1, 0.15) is 15.3 Å². The summed E-state index contributed by atoms with van der Waals surface area (Å²) in [6, 6.07) is 7.50. The highest BCUT2D eigenvalue weighted by Crippen LogP contribution is 2.37. The molecule has 8 nitrogen and oxygen atoms in total. The van der Waals surface area contributed by atoms with Gasteiger partial charge in [0.05, 0.1) is 29.9 Å². The van der Waals surface area contributed by atoms with Crippen molar-refractivity contribution in [1.29, 1.82) is 0 Å². The fourth-order valence-corrected chi connectivity index (χ4v) is 5.56. The van der Waals surface area contributed by atoms with Crippen molar-refractivity contribution in [2.75, 3.05) is 7.11 Å². The standard InChI is InChI=1S/C19H16N4O4S3/c1-9-14(29-13(21-9)7-20-18(25)27-2)12-8-28-17(22-12)11-5-3-10(4-6-11)15-16(24)23-19(26)30-15/h3-6,8,15H,7H2,1-2H3,(H,20,25)(H,23,24,26). The largest absolute Gasteiger partial charge is 0.453 e. The van der Waals surface area contributed by atoms with Crippen LogP contribution in [0.2, 0.25) is 0 Å². The quantitative estimate of drug-likeness (QED) is 0.589. The minimum atomic E-state index is -0.504. The van der Waals surface area contributed by atoms with Gasteiger partial charge in [-0.15, -0.1) is 22.7 Å². The van der Waals surface area contributed by atoms with Crippen LogP contribution in [0.25, 0.3) is 21.1 Å². The topological polar surface area (TPSA) is 110 Å². The Morgan fingerprint density at radius 1 is 1.23 bits per heavy atom. The molecule has 1 atom stereocenters. The number of thiazole rings is 2. The highest BCUT2D eigenvalue weighted by molar-refractivity contribution is 8.15. The van der Waals surface area contributed by atoms with E-state index in [4.69, 9.17) is 4.98 Å². The Kier molecular flexibility index (Phi) is 5.84. The number of aromatic nitrogens is 2. The molecule has 3 aromatic rings. The molecule has 0 aliphatic carbocycles. The van der Waals surface area contributed by atoms with Crippen molar-refractivity contribution in [3.8, 4) is 21.1 Å². The predicted molar refractivity (Wildman–Crippen MR) is 117 cm³/mol.